The number of hydrogen-bond acceptors (Lipinski definition) is 3. The smallest absolute Gasteiger partial charge is 0.261 e. The third kappa shape index (κ3) is 3.72. The minimum absolute atomic E-state index is 0.149. The van der Waals surface area contributed by atoms with E-state index in [2.05, 4.69) is 0 Å². The van der Waals surface area contributed by atoms with E-state index in [1.807, 2.05) is 12.1 Å². The first-order valence-electron chi connectivity index (χ1n) is 9.24. The van der Waals surface area contributed by atoms with E-state index in [9.17, 15) is 9.59 Å². The molecule has 0 aliphatic carbocycles. The first-order chi connectivity index (χ1) is 14.5. The minimum atomic E-state index is -0.384. The molecule has 0 saturated carbocycles. The van der Waals surface area contributed by atoms with Gasteiger partial charge in [0.05, 0.1) is 23.7 Å². The summed E-state index contributed by atoms with van der Waals surface area (Å²) in [7, 11) is 1.58. The Morgan fingerprint density at radius 3 is 2.27 bits per heavy atom. The van der Waals surface area contributed by atoms with Crippen molar-refractivity contribution in [1.82, 2.24) is 4.90 Å². The lowest BCUT2D eigenvalue weighted by molar-refractivity contribution is -0.123. The highest BCUT2D eigenvalue weighted by molar-refractivity contribution is 6.43. The number of imide groups is 1. The Balaban J connectivity index is 1.79. The van der Waals surface area contributed by atoms with Gasteiger partial charge in [0.25, 0.3) is 11.8 Å². The lowest BCUT2D eigenvalue weighted by Gasteiger charge is -2.29. The van der Waals surface area contributed by atoms with Gasteiger partial charge in [0, 0.05) is 11.1 Å². The summed E-state index contributed by atoms with van der Waals surface area (Å²) < 4.78 is 5.17. The number of benzene rings is 3. The molecule has 4 nitrogen and oxygen atoms in total. The van der Waals surface area contributed by atoms with Gasteiger partial charge in [0.1, 0.15) is 5.75 Å². The predicted octanol–water partition coefficient (Wildman–Crippen LogP) is 5.73. The largest absolute Gasteiger partial charge is 0.497 e. The maximum atomic E-state index is 13.4. The van der Waals surface area contributed by atoms with Crippen molar-refractivity contribution in [2.24, 2.45) is 0 Å². The average Bonchev–Trinajstić information content (AvgIpc) is 2.77. The molecule has 150 valence electrons. The van der Waals surface area contributed by atoms with Crippen molar-refractivity contribution in [3.63, 3.8) is 0 Å². The normalized spacial score (nSPS) is 14.8. The van der Waals surface area contributed by atoms with Gasteiger partial charge < -0.3 is 4.74 Å². The zero-order valence-corrected chi connectivity index (χ0v) is 17.6. The molecule has 30 heavy (non-hydrogen) atoms. The monoisotopic (exact) mass is 437 g/mol. The standard InChI is InChI=1S/C24H17Cl2NO3/c1-30-17-11-9-15(10-12-17)14-27-23(28)19-7-3-2-6-18(19)20(24(27)29)13-16-5-4-8-21(25)22(16)26/h2-13H,14H2,1H3/b20-13+. The Kier molecular flexibility index (Phi) is 5.62. The molecule has 0 aromatic heterocycles. The Labute approximate surface area is 184 Å². The third-order valence-electron chi connectivity index (χ3n) is 4.95. The molecule has 0 unspecified atom stereocenters. The van der Waals surface area contributed by atoms with E-state index >= 15 is 0 Å². The summed E-state index contributed by atoms with van der Waals surface area (Å²) in [5.74, 6) is -0.0112. The molecule has 0 radical (unpaired) electrons. The number of hydrogen-bond donors (Lipinski definition) is 0. The highest BCUT2D eigenvalue weighted by Gasteiger charge is 2.34. The van der Waals surface area contributed by atoms with Gasteiger partial charge in [-0.1, -0.05) is 65.7 Å². The van der Waals surface area contributed by atoms with Crippen molar-refractivity contribution in [3.05, 3.63) is 99.0 Å². The fourth-order valence-electron chi connectivity index (χ4n) is 3.39. The summed E-state index contributed by atoms with van der Waals surface area (Å²) in [6, 6.07) is 19.5. The Morgan fingerprint density at radius 1 is 0.867 bits per heavy atom. The molecule has 0 N–H and O–H groups in total. The summed E-state index contributed by atoms with van der Waals surface area (Å²) in [4.78, 5) is 27.7. The molecule has 0 bridgehead atoms. The predicted molar refractivity (Wildman–Crippen MR) is 119 cm³/mol. The number of nitrogens with zero attached hydrogens (tertiary/aromatic N) is 1. The van der Waals surface area contributed by atoms with Crippen molar-refractivity contribution in [3.8, 4) is 5.75 Å². The summed E-state index contributed by atoms with van der Waals surface area (Å²) in [6.45, 7) is 0.149. The van der Waals surface area contributed by atoms with Gasteiger partial charge in [0.15, 0.2) is 0 Å². The van der Waals surface area contributed by atoms with Crippen LogP contribution in [0.25, 0.3) is 11.6 Å². The van der Waals surface area contributed by atoms with Crippen molar-refractivity contribution in [1.29, 1.82) is 0 Å². The first kappa shape index (κ1) is 20.2. The van der Waals surface area contributed by atoms with Crippen LogP contribution in [-0.4, -0.2) is 23.8 Å². The third-order valence-corrected chi connectivity index (χ3v) is 5.78. The van der Waals surface area contributed by atoms with Crippen LogP contribution in [0.1, 0.15) is 27.0 Å². The van der Waals surface area contributed by atoms with Crippen LogP contribution < -0.4 is 4.74 Å². The van der Waals surface area contributed by atoms with Crippen molar-refractivity contribution < 1.29 is 14.3 Å². The maximum Gasteiger partial charge on any atom is 0.261 e. The number of methoxy groups -OCH3 is 1. The average molecular weight is 438 g/mol. The molecule has 1 heterocycles. The molecule has 3 aromatic carbocycles. The van der Waals surface area contributed by atoms with E-state index in [0.29, 0.717) is 38.1 Å². The fourth-order valence-corrected chi connectivity index (χ4v) is 3.75. The van der Waals surface area contributed by atoms with Gasteiger partial charge in [-0.05, 0) is 47.0 Å². The lowest BCUT2D eigenvalue weighted by atomic mass is 9.91. The van der Waals surface area contributed by atoms with Gasteiger partial charge >= 0.3 is 0 Å². The Bertz CT molecular complexity index is 1170. The van der Waals surface area contributed by atoms with Gasteiger partial charge in [0.2, 0.25) is 0 Å². The molecule has 1 aliphatic rings. The summed E-state index contributed by atoms with van der Waals surface area (Å²) in [5.41, 5.74) is 2.87. The van der Waals surface area contributed by atoms with E-state index in [4.69, 9.17) is 27.9 Å². The molecular formula is C24H17Cl2NO3. The molecule has 0 fully saturated rings. The molecule has 0 atom stereocenters. The highest BCUT2D eigenvalue weighted by atomic mass is 35.5. The molecule has 0 spiro atoms. The van der Waals surface area contributed by atoms with Gasteiger partial charge in [-0.25, -0.2) is 0 Å². The molecule has 2 amide bonds. The minimum Gasteiger partial charge on any atom is -0.497 e. The zero-order valence-electron chi connectivity index (χ0n) is 16.1. The number of fused-ring (bicyclic) bond motifs is 1. The number of rotatable bonds is 4. The maximum absolute atomic E-state index is 13.4. The summed E-state index contributed by atoms with van der Waals surface area (Å²) >= 11 is 12.5. The molecule has 6 heteroatoms. The summed E-state index contributed by atoms with van der Waals surface area (Å²) in [6.07, 6.45) is 1.68. The van der Waals surface area contributed by atoms with Gasteiger partial charge in [-0.2, -0.15) is 0 Å². The van der Waals surface area contributed by atoms with Crippen LogP contribution in [0.15, 0.2) is 66.7 Å². The van der Waals surface area contributed by atoms with Crippen LogP contribution in [0.2, 0.25) is 10.0 Å². The van der Waals surface area contributed by atoms with E-state index in [-0.39, 0.29) is 18.4 Å². The first-order valence-corrected chi connectivity index (χ1v) is 9.99. The van der Waals surface area contributed by atoms with Crippen LogP contribution in [-0.2, 0) is 11.3 Å². The molecule has 1 aliphatic heterocycles. The van der Waals surface area contributed by atoms with Crippen molar-refractivity contribution in [2.75, 3.05) is 7.11 Å². The quantitative estimate of drug-likeness (QED) is 0.386. The van der Waals surface area contributed by atoms with E-state index in [0.717, 1.165) is 5.56 Å². The lowest BCUT2D eigenvalue weighted by Crippen LogP contribution is -2.41. The number of ether oxygens (including phenoxy) is 1. The van der Waals surface area contributed by atoms with Gasteiger partial charge in [-0.3, -0.25) is 14.5 Å². The van der Waals surface area contributed by atoms with Crippen molar-refractivity contribution >= 4 is 46.7 Å². The van der Waals surface area contributed by atoms with Crippen LogP contribution in [0, 0.1) is 0 Å². The van der Waals surface area contributed by atoms with Crippen LogP contribution in [0.5, 0.6) is 5.75 Å². The van der Waals surface area contributed by atoms with Crippen LogP contribution in [0.3, 0.4) is 0 Å². The van der Waals surface area contributed by atoms with E-state index < -0.39 is 0 Å². The van der Waals surface area contributed by atoms with Crippen LogP contribution in [0.4, 0.5) is 0 Å². The van der Waals surface area contributed by atoms with E-state index in [1.165, 1.54) is 4.90 Å². The van der Waals surface area contributed by atoms with Crippen molar-refractivity contribution in [2.45, 2.75) is 6.54 Å². The molecular weight excluding hydrogens is 421 g/mol. The second-order valence-corrected chi connectivity index (χ2v) is 7.58. The highest BCUT2D eigenvalue weighted by Crippen LogP contribution is 2.34. The number of halogens is 2. The Hall–Kier alpha value is -3.08. The molecule has 4 rings (SSSR count). The second kappa shape index (κ2) is 8.34. The number of carbonyl (C=O) groups excluding carboxylic acids is 2. The fraction of sp³-hybridized carbons (Fsp3) is 0.0833. The number of carbonyl (C=O) groups is 2. The van der Waals surface area contributed by atoms with E-state index in [1.54, 1.807) is 67.8 Å². The molecule has 0 saturated heterocycles. The van der Waals surface area contributed by atoms with Gasteiger partial charge in [-0.15, -0.1) is 0 Å². The van der Waals surface area contributed by atoms with Crippen LogP contribution >= 0.6 is 23.2 Å². The SMILES string of the molecule is COc1ccc(CN2C(=O)/C(=C/c3cccc(Cl)c3Cl)c3ccccc3C2=O)cc1. The second-order valence-electron chi connectivity index (χ2n) is 6.79. The molecule has 3 aromatic rings. The zero-order chi connectivity index (χ0) is 21.3. The Morgan fingerprint density at radius 2 is 1.57 bits per heavy atom. The summed E-state index contributed by atoms with van der Waals surface area (Å²) in [5, 5.41) is 0.754. The topological polar surface area (TPSA) is 46.6 Å². The number of amides is 2.